The molecule has 0 aliphatic carbocycles. The lowest BCUT2D eigenvalue weighted by Crippen LogP contribution is -2.21. The molecule has 4 nitrogen and oxygen atoms in total. The van der Waals surface area contributed by atoms with Crippen molar-refractivity contribution in [3.63, 3.8) is 0 Å². The van der Waals surface area contributed by atoms with E-state index in [1.54, 1.807) is 0 Å². The molecule has 0 amide bonds. The number of nitro groups is 1. The van der Waals surface area contributed by atoms with Gasteiger partial charge in [-0.3, -0.25) is 15.1 Å². The Morgan fingerprint density at radius 1 is 1.33 bits per heavy atom. The zero-order valence-electron chi connectivity index (χ0n) is 10.1. The smallest absolute Gasteiger partial charge is 0.283 e. The first kappa shape index (κ1) is 15.8. The van der Waals surface area contributed by atoms with Crippen molar-refractivity contribution in [3.8, 4) is 0 Å². The van der Waals surface area contributed by atoms with Gasteiger partial charge in [-0.1, -0.05) is 23.7 Å². The quantitative estimate of drug-likeness (QED) is 0.453. The summed E-state index contributed by atoms with van der Waals surface area (Å²) < 4.78 is 37.6. The molecule has 2 rings (SSSR count). The van der Waals surface area contributed by atoms with Gasteiger partial charge in [-0.15, -0.1) is 11.6 Å². The van der Waals surface area contributed by atoms with Crippen LogP contribution in [0, 0.1) is 10.1 Å². The molecule has 2 unspecified atom stereocenters. The number of dihydropyridines is 1. The SMILES string of the molecule is O=[N+]([O-])c1cc(C2N=CC(C(F)(F)F)=CC2Cl)ccc1Cl. The van der Waals surface area contributed by atoms with Crippen LogP contribution in [0.1, 0.15) is 11.6 Å². The zero-order valence-corrected chi connectivity index (χ0v) is 11.7. The fourth-order valence-corrected chi connectivity index (χ4v) is 2.37. The highest BCUT2D eigenvalue weighted by atomic mass is 35.5. The van der Waals surface area contributed by atoms with Crippen molar-refractivity contribution < 1.29 is 18.1 Å². The van der Waals surface area contributed by atoms with E-state index in [9.17, 15) is 23.3 Å². The van der Waals surface area contributed by atoms with E-state index in [0.717, 1.165) is 12.1 Å². The predicted octanol–water partition coefficient (Wildman–Crippen LogP) is 4.47. The third-order valence-electron chi connectivity index (χ3n) is 2.85. The Kier molecular flexibility index (Phi) is 4.25. The van der Waals surface area contributed by atoms with Crippen LogP contribution in [-0.2, 0) is 0 Å². The third kappa shape index (κ3) is 3.36. The molecular weight excluding hydrogens is 332 g/mol. The Morgan fingerprint density at radius 3 is 2.52 bits per heavy atom. The molecule has 1 aliphatic rings. The number of hydrogen-bond acceptors (Lipinski definition) is 3. The number of alkyl halides is 4. The van der Waals surface area contributed by atoms with E-state index in [0.29, 0.717) is 11.8 Å². The highest BCUT2D eigenvalue weighted by Gasteiger charge is 2.36. The largest absolute Gasteiger partial charge is 0.417 e. The summed E-state index contributed by atoms with van der Waals surface area (Å²) in [6.45, 7) is 0. The van der Waals surface area contributed by atoms with E-state index >= 15 is 0 Å². The lowest BCUT2D eigenvalue weighted by Gasteiger charge is -2.22. The van der Waals surface area contributed by atoms with Crippen LogP contribution < -0.4 is 0 Å². The molecule has 0 radical (unpaired) electrons. The lowest BCUT2D eigenvalue weighted by molar-refractivity contribution is -0.384. The third-order valence-corrected chi connectivity index (χ3v) is 3.53. The highest BCUT2D eigenvalue weighted by molar-refractivity contribution is 6.32. The van der Waals surface area contributed by atoms with E-state index < -0.39 is 28.1 Å². The predicted molar refractivity (Wildman–Crippen MR) is 73.1 cm³/mol. The van der Waals surface area contributed by atoms with E-state index in [2.05, 4.69) is 4.99 Å². The maximum absolute atomic E-state index is 12.5. The Balaban J connectivity index is 2.34. The molecule has 9 heteroatoms. The molecular formula is C12H7Cl2F3N2O2. The summed E-state index contributed by atoms with van der Waals surface area (Å²) in [5.41, 5.74) is -0.971. The summed E-state index contributed by atoms with van der Waals surface area (Å²) in [4.78, 5) is 13.9. The highest BCUT2D eigenvalue weighted by Crippen LogP contribution is 2.37. The van der Waals surface area contributed by atoms with Gasteiger partial charge in [0.25, 0.3) is 5.69 Å². The van der Waals surface area contributed by atoms with E-state index in [1.807, 2.05) is 0 Å². The molecule has 0 spiro atoms. The van der Waals surface area contributed by atoms with Crippen molar-refractivity contribution in [1.82, 2.24) is 0 Å². The second-order valence-corrected chi connectivity index (χ2v) is 5.17. The first-order chi connectivity index (χ1) is 9.70. The molecule has 1 aromatic rings. The Hall–Kier alpha value is -1.60. The molecule has 0 fully saturated rings. The summed E-state index contributed by atoms with van der Waals surface area (Å²) in [5, 5.41) is 9.68. The molecule has 0 aromatic heterocycles. The van der Waals surface area contributed by atoms with Crippen LogP contribution in [0.15, 0.2) is 34.8 Å². The Bertz CT molecular complexity index is 644. The van der Waals surface area contributed by atoms with Crippen molar-refractivity contribution in [2.24, 2.45) is 4.99 Å². The molecule has 0 saturated carbocycles. The molecule has 1 heterocycles. The summed E-state index contributed by atoms with van der Waals surface area (Å²) >= 11 is 11.6. The normalized spacial score (nSPS) is 22.0. The van der Waals surface area contributed by atoms with Gasteiger partial charge in [-0.2, -0.15) is 13.2 Å². The number of nitro benzene ring substituents is 1. The standard InChI is InChI=1S/C12H7Cl2F3N2O2/c13-8-2-1-6(3-10(8)19(20)21)11-9(14)4-7(5-18-11)12(15,16)17/h1-5,9,11H. The summed E-state index contributed by atoms with van der Waals surface area (Å²) in [5.74, 6) is 0. The van der Waals surface area contributed by atoms with Crippen LogP contribution in [-0.4, -0.2) is 22.7 Å². The average Bonchev–Trinajstić information content (AvgIpc) is 2.38. The lowest BCUT2D eigenvalue weighted by atomic mass is 9.99. The first-order valence-corrected chi connectivity index (χ1v) is 6.41. The number of rotatable bonds is 2. The van der Waals surface area contributed by atoms with Gasteiger partial charge in [0.1, 0.15) is 5.02 Å². The van der Waals surface area contributed by atoms with Crippen molar-refractivity contribution in [2.75, 3.05) is 0 Å². The van der Waals surface area contributed by atoms with E-state index in [1.165, 1.54) is 12.1 Å². The van der Waals surface area contributed by atoms with Crippen molar-refractivity contribution in [1.29, 1.82) is 0 Å². The molecule has 1 aliphatic heterocycles. The topological polar surface area (TPSA) is 55.5 Å². The van der Waals surface area contributed by atoms with Crippen molar-refractivity contribution in [3.05, 3.63) is 50.5 Å². The number of aliphatic imine (C=N–C) groups is 1. The van der Waals surface area contributed by atoms with Crippen LogP contribution in [0.5, 0.6) is 0 Å². The Morgan fingerprint density at radius 2 is 2.00 bits per heavy atom. The first-order valence-electron chi connectivity index (χ1n) is 5.60. The van der Waals surface area contributed by atoms with Gasteiger partial charge in [-0.25, -0.2) is 0 Å². The minimum absolute atomic E-state index is 0.0683. The summed E-state index contributed by atoms with van der Waals surface area (Å²) in [7, 11) is 0. The number of nitrogens with zero attached hydrogens (tertiary/aromatic N) is 2. The van der Waals surface area contributed by atoms with Gasteiger partial charge >= 0.3 is 6.18 Å². The second kappa shape index (κ2) is 5.65. The maximum Gasteiger partial charge on any atom is 0.417 e. The van der Waals surface area contributed by atoms with Crippen LogP contribution >= 0.6 is 23.2 Å². The molecule has 1 aromatic carbocycles. The summed E-state index contributed by atoms with van der Waals surface area (Å²) in [6.07, 6.45) is -3.03. The van der Waals surface area contributed by atoms with Gasteiger partial charge < -0.3 is 0 Å². The van der Waals surface area contributed by atoms with Crippen LogP contribution in [0.3, 0.4) is 0 Å². The molecule has 0 bridgehead atoms. The maximum atomic E-state index is 12.5. The number of halogens is 5. The van der Waals surface area contributed by atoms with E-state index in [4.69, 9.17) is 23.2 Å². The van der Waals surface area contributed by atoms with Gasteiger partial charge in [0, 0.05) is 12.3 Å². The molecule has 2 atom stereocenters. The molecule has 0 N–H and O–H groups in total. The van der Waals surface area contributed by atoms with Crippen LogP contribution in [0.4, 0.5) is 18.9 Å². The number of benzene rings is 1. The number of allylic oxidation sites excluding steroid dienone is 1. The Labute approximate surface area is 127 Å². The fraction of sp³-hybridized carbons (Fsp3) is 0.250. The average molecular weight is 339 g/mol. The van der Waals surface area contributed by atoms with Gasteiger partial charge in [0.05, 0.1) is 21.9 Å². The van der Waals surface area contributed by atoms with Crippen molar-refractivity contribution >= 4 is 35.1 Å². The minimum Gasteiger partial charge on any atom is -0.283 e. The van der Waals surface area contributed by atoms with Gasteiger partial charge in [-0.05, 0) is 11.6 Å². The van der Waals surface area contributed by atoms with Gasteiger partial charge in [0.15, 0.2) is 0 Å². The van der Waals surface area contributed by atoms with Gasteiger partial charge in [0.2, 0.25) is 0 Å². The fourth-order valence-electron chi connectivity index (χ4n) is 1.84. The van der Waals surface area contributed by atoms with Crippen LogP contribution in [0.25, 0.3) is 0 Å². The minimum atomic E-state index is -4.53. The monoisotopic (exact) mass is 338 g/mol. The molecule has 112 valence electrons. The van der Waals surface area contributed by atoms with Crippen LogP contribution in [0.2, 0.25) is 5.02 Å². The molecule has 0 saturated heterocycles. The summed E-state index contributed by atoms with van der Waals surface area (Å²) in [6, 6.07) is 3.05. The van der Waals surface area contributed by atoms with E-state index in [-0.39, 0.29) is 10.7 Å². The second-order valence-electron chi connectivity index (χ2n) is 4.26. The zero-order chi connectivity index (χ0) is 15.8. The molecule has 21 heavy (non-hydrogen) atoms. The van der Waals surface area contributed by atoms with Crippen molar-refractivity contribution in [2.45, 2.75) is 17.6 Å². The number of hydrogen-bond donors (Lipinski definition) is 0.